The van der Waals surface area contributed by atoms with Crippen molar-refractivity contribution in [3.63, 3.8) is 0 Å². The highest BCUT2D eigenvalue weighted by Gasteiger charge is 2.13. The minimum atomic E-state index is 0.497. The minimum absolute atomic E-state index is 0.497. The zero-order chi connectivity index (χ0) is 14.7. The van der Waals surface area contributed by atoms with E-state index in [0.29, 0.717) is 19.3 Å². The number of hydrogen-bond donors (Lipinski definition) is 2. The van der Waals surface area contributed by atoms with E-state index in [1.165, 1.54) is 0 Å². The molecule has 0 amide bonds. The van der Waals surface area contributed by atoms with Gasteiger partial charge >= 0.3 is 0 Å². The third-order valence-corrected chi connectivity index (χ3v) is 3.40. The van der Waals surface area contributed by atoms with Crippen LogP contribution in [0.1, 0.15) is 19.7 Å². The van der Waals surface area contributed by atoms with Gasteiger partial charge in [0.05, 0.1) is 11.9 Å². The molecule has 0 saturated heterocycles. The number of fused-ring (bicyclic) bond motifs is 1. The molecule has 0 bridgehead atoms. The van der Waals surface area contributed by atoms with Crippen molar-refractivity contribution in [1.29, 1.82) is 0 Å². The summed E-state index contributed by atoms with van der Waals surface area (Å²) < 4.78 is 11.2. The second-order valence-corrected chi connectivity index (χ2v) is 5.46. The van der Waals surface area contributed by atoms with Gasteiger partial charge in [0.2, 0.25) is 0 Å². The molecule has 1 aromatic heterocycles. The van der Waals surface area contributed by atoms with Gasteiger partial charge in [-0.15, -0.1) is 0 Å². The molecular formula is C16H21N3O2. The Morgan fingerprint density at radius 2 is 2.05 bits per heavy atom. The summed E-state index contributed by atoms with van der Waals surface area (Å²) in [5.41, 5.74) is 2.07. The first-order valence-corrected chi connectivity index (χ1v) is 7.39. The smallest absolute Gasteiger partial charge is 0.162 e. The summed E-state index contributed by atoms with van der Waals surface area (Å²) in [6.45, 7) is 6.42. The van der Waals surface area contributed by atoms with Crippen molar-refractivity contribution in [2.24, 2.45) is 0 Å². The lowest BCUT2D eigenvalue weighted by Crippen LogP contribution is -2.25. The molecule has 3 rings (SSSR count). The molecule has 0 fully saturated rings. The maximum absolute atomic E-state index is 5.61. The number of rotatable bonds is 5. The Hall–Kier alpha value is -2.01. The van der Waals surface area contributed by atoms with Gasteiger partial charge in [0.25, 0.3) is 0 Å². The van der Waals surface area contributed by atoms with Gasteiger partial charge in [-0.2, -0.15) is 0 Å². The van der Waals surface area contributed by atoms with Crippen molar-refractivity contribution in [2.45, 2.75) is 26.3 Å². The molecule has 1 aromatic carbocycles. The molecule has 0 unspecified atom stereocenters. The van der Waals surface area contributed by atoms with E-state index in [1.54, 1.807) is 0 Å². The van der Waals surface area contributed by atoms with E-state index >= 15 is 0 Å². The van der Waals surface area contributed by atoms with E-state index in [0.717, 1.165) is 41.5 Å². The van der Waals surface area contributed by atoms with Gasteiger partial charge in [0.1, 0.15) is 19.0 Å². The average Bonchev–Trinajstić information content (AvgIpc) is 2.95. The fraction of sp³-hybridized carbons (Fsp3) is 0.438. The molecule has 21 heavy (non-hydrogen) atoms. The second kappa shape index (κ2) is 6.18. The Kier molecular flexibility index (Phi) is 4.10. The van der Waals surface area contributed by atoms with Gasteiger partial charge in [-0.1, -0.05) is 13.8 Å². The van der Waals surface area contributed by atoms with Crippen molar-refractivity contribution >= 4 is 0 Å². The average molecular weight is 287 g/mol. The minimum Gasteiger partial charge on any atom is -0.486 e. The summed E-state index contributed by atoms with van der Waals surface area (Å²) in [4.78, 5) is 7.80. The number of H-pyrrole nitrogens is 1. The van der Waals surface area contributed by atoms with E-state index in [1.807, 2.05) is 24.4 Å². The summed E-state index contributed by atoms with van der Waals surface area (Å²) in [6, 6.07) is 6.47. The van der Waals surface area contributed by atoms with Gasteiger partial charge in [-0.3, -0.25) is 0 Å². The number of nitrogens with one attached hydrogen (secondary N) is 2. The highest BCUT2D eigenvalue weighted by Crippen LogP contribution is 2.33. The molecule has 5 nitrogen and oxygen atoms in total. The van der Waals surface area contributed by atoms with Crippen LogP contribution in [0.4, 0.5) is 0 Å². The normalized spacial score (nSPS) is 13.7. The monoisotopic (exact) mass is 287 g/mol. The molecule has 1 aliphatic rings. The standard InChI is InChI=1S/C16H21N3O2/c1-11(2)17-6-5-16-18-10-13(19-16)12-3-4-14-15(9-12)21-8-7-20-14/h3-4,9-11,17H,5-8H2,1-2H3,(H,18,19). The van der Waals surface area contributed by atoms with Gasteiger partial charge in [0, 0.05) is 24.6 Å². The van der Waals surface area contributed by atoms with Crippen LogP contribution in [-0.4, -0.2) is 35.8 Å². The number of aromatic nitrogens is 2. The number of hydrogen-bond acceptors (Lipinski definition) is 4. The van der Waals surface area contributed by atoms with Crippen LogP contribution in [0.25, 0.3) is 11.3 Å². The quantitative estimate of drug-likeness (QED) is 0.886. The van der Waals surface area contributed by atoms with Crippen LogP contribution < -0.4 is 14.8 Å². The Balaban J connectivity index is 1.71. The van der Waals surface area contributed by atoms with Crippen LogP contribution in [0, 0.1) is 0 Å². The van der Waals surface area contributed by atoms with Gasteiger partial charge in [-0.05, 0) is 18.2 Å². The Bertz CT molecular complexity index is 607. The number of nitrogens with zero attached hydrogens (tertiary/aromatic N) is 1. The summed E-state index contributed by atoms with van der Waals surface area (Å²) in [5, 5.41) is 3.39. The van der Waals surface area contributed by atoms with Crippen LogP contribution in [0.3, 0.4) is 0 Å². The van der Waals surface area contributed by atoms with Crippen LogP contribution in [0.15, 0.2) is 24.4 Å². The highest BCUT2D eigenvalue weighted by atomic mass is 16.6. The topological polar surface area (TPSA) is 59.2 Å². The predicted molar refractivity (Wildman–Crippen MR) is 81.9 cm³/mol. The summed E-state index contributed by atoms with van der Waals surface area (Å²) in [7, 11) is 0. The van der Waals surface area contributed by atoms with Crippen molar-refractivity contribution in [3.8, 4) is 22.8 Å². The number of ether oxygens (including phenoxy) is 2. The molecule has 2 aromatic rings. The number of imidazole rings is 1. The van der Waals surface area contributed by atoms with E-state index in [-0.39, 0.29) is 0 Å². The predicted octanol–water partition coefficient (Wildman–Crippen LogP) is 2.39. The Morgan fingerprint density at radius 1 is 1.24 bits per heavy atom. The molecule has 0 radical (unpaired) electrons. The molecule has 0 saturated carbocycles. The van der Waals surface area contributed by atoms with E-state index in [2.05, 4.69) is 29.1 Å². The number of benzene rings is 1. The summed E-state index contributed by atoms with van der Waals surface area (Å²) >= 11 is 0. The number of aromatic amines is 1. The molecule has 2 heterocycles. The van der Waals surface area contributed by atoms with Gasteiger partial charge < -0.3 is 19.8 Å². The summed E-state index contributed by atoms with van der Waals surface area (Å²) in [5.74, 6) is 2.61. The lowest BCUT2D eigenvalue weighted by molar-refractivity contribution is 0.171. The first kappa shape index (κ1) is 13.9. The fourth-order valence-electron chi connectivity index (χ4n) is 2.33. The zero-order valence-electron chi connectivity index (χ0n) is 12.5. The second-order valence-electron chi connectivity index (χ2n) is 5.46. The molecular weight excluding hydrogens is 266 g/mol. The molecule has 112 valence electrons. The zero-order valence-corrected chi connectivity index (χ0v) is 12.5. The maximum atomic E-state index is 5.61. The lowest BCUT2D eigenvalue weighted by atomic mass is 10.1. The maximum Gasteiger partial charge on any atom is 0.162 e. The van der Waals surface area contributed by atoms with Gasteiger partial charge in [0.15, 0.2) is 11.5 Å². The summed E-state index contributed by atoms with van der Waals surface area (Å²) in [6.07, 6.45) is 2.76. The van der Waals surface area contributed by atoms with Crippen molar-refractivity contribution in [2.75, 3.05) is 19.8 Å². The molecule has 1 aliphatic heterocycles. The van der Waals surface area contributed by atoms with Crippen molar-refractivity contribution in [1.82, 2.24) is 15.3 Å². The SMILES string of the molecule is CC(C)NCCc1ncc(-c2ccc3c(c2)OCCO3)[nH]1. The van der Waals surface area contributed by atoms with Crippen LogP contribution >= 0.6 is 0 Å². The molecule has 0 atom stereocenters. The first-order chi connectivity index (χ1) is 10.2. The van der Waals surface area contributed by atoms with Gasteiger partial charge in [-0.25, -0.2) is 4.98 Å². The van der Waals surface area contributed by atoms with Crippen LogP contribution in [0.2, 0.25) is 0 Å². The molecule has 5 heteroatoms. The third-order valence-electron chi connectivity index (χ3n) is 3.40. The third kappa shape index (κ3) is 3.36. The van der Waals surface area contributed by atoms with Crippen molar-refractivity contribution < 1.29 is 9.47 Å². The van der Waals surface area contributed by atoms with E-state index < -0.39 is 0 Å². The van der Waals surface area contributed by atoms with Crippen LogP contribution in [0.5, 0.6) is 11.5 Å². The first-order valence-electron chi connectivity index (χ1n) is 7.39. The fourth-order valence-corrected chi connectivity index (χ4v) is 2.33. The highest BCUT2D eigenvalue weighted by molar-refractivity contribution is 5.63. The van der Waals surface area contributed by atoms with Crippen molar-refractivity contribution in [3.05, 3.63) is 30.2 Å². The van der Waals surface area contributed by atoms with Crippen LogP contribution in [-0.2, 0) is 6.42 Å². The largest absolute Gasteiger partial charge is 0.486 e. The van der Waals surface area contributed by atoms with E-state index in [9.17, 15) is 0 Å². The van der Waals surface area contributed by atoms with E-state index in [4.69, 9.17) is 9.47 Å². The molecule has 0 spiro atoms. The lowest BCUT2D eigenvalue weighted by Gasteiger charge is -2.18. The Labute approximate surface area is 124 Å². The molecule has 2 N–H and O–H groups in total. The Morgan fingerprint density at radius 3 is 2.86 bits per heavy atom. The molecule has 0 aliphatic carbocycles.